The van der Waals surface area contributed by atoms with Crippen LogP contribution in [0.4, 0.5) is 4.39 Å². The van der Waals surface area contributed by atoms with Gasteiger partial charge in [0.2, 0.25) is 0 Å². The number of nitrogens with one attached hydrogen (secondary N) is 1. The molecule has 1 N–H and O–H groups in total. The van der Waals surface area contributed by atoms with Crippen LogP contribution in [-0.4, -0.2) is 38.4 Å². The first-order chi connectivity index (χ1) is 15.3. The summed E-state index contributed by atoms with van der Waals surface area (Å²) in [7, 11) is 3.24. The number of halogens is 1. The Balaban J connectivity index is 1.82. The van der Waals surface area contributed by atoms with E-state index >= 15 is 0 Å². The number of rotatable bonds is 3. The van der Waals surface area contributed by atoms with Gasteiger partial charge in [-0.15, -0.1) is 0 Å². The van der Waals surface area contributed by atoms with Gasteiger partial charge in [-0.2, -0.15) is 10.2 Å². The van der Waals surface area contributed by atoms with Crippen molar-refractivity contribution in [2.45, 2.75) is 19.6 Å². The first-order valence-corrected chi connectivity index (χ1v) is 10.2. The molecule has 2 aromatic carbocycles. The molecular weight excluding hydrogens is 409 g/mol. The van der Waals surface area contributed by atoms with E-state index in [9.17, 15) is 9.18 Å². The number of allylic oxidation sites excluding steroid dienone is 2. The molecule has 1 atom stereocenters. The molecule has 32 heavy (non-hydrogen) atoms. The Morgan fingerprint density at radius 3 is 2.72 bits per heavy atom. The van der Waals surface area contributed by atoms with Gasteiger partial charge in [0.05, 0.1) is 29.4 Å². The zero-order chi connectivity index (χ0) is 22.6. The molecule has 0 saturated heterocycles. The summed E-state index contributed by atoms with van der Waals surface area (Å²) in [5.74, 6) is -2.06. The van der Waals surface area contributed by atoms with Crippen LogP contribution in [0.1, 0.15) is 22.8 Å². The Hall–Kier alpha value is -3.94. The maximum absolute atomic E-state index is 14.3. The lowest BCUT2D eigenvalue weighted by atomic mass is 10.00. The van der Waals surface area contributed by atoms with Gasteiger partial charge in [0.1, 0.15) is 5.69 Å². The fraction of sp³-hybridized carbons (Fsp3) is 0.208. The van der Waals surface area contributed by atoms with Gasteiger partial charge < -0.3 is 10.1 Å². The molecule has 7 nitrogen and oxygen atoms in total. The molecule has 0 amide bonds. The molecule has 1 unspecified atom stereocenters. The van der Waals surface area contributed by atoms with Crippen molar-refractivity contribution < 1.29 is 13.9 Å². The van der Waals surface area contributed by atoms with Crippen LogP contribution in [0.25, 0.3) is 38.8 Å². The van der Waals surface area contributed by atoms with Crippen LogP contribution in [-0.2, 0) is 11.8 Å². The molecule has 0 fully saturated rings. The quantitative estimate of drug-likeness (QED) is 0.386. The SMILES string of the molecule is COC(=O)c1ccc2c(-c3cccc4nn(C)cc34)nn(C3=CNC(C)(F)C=C3)c2c1C. The predicted molar refractivity (Wildman–Crippen MR) is 122 cm³/mol. The molecule has 3 heterocycles. The highest BCUT2D eigenvalue weighted by atomic mass is 19.1. The van der Waals surface area contributed by atoms with Crippen LogP contribution in [0.2, 0.25) is 0 Å². The van der Waals surface area contributed by atoms with Gasteiger partial charge in [0.25, 0.3) is 0 Å². The summed E-state index contributed by atoms with van der Waals surface area (Å²) in [6.45, 7) is 3.30. The van der Waals surface area contributed by atoms with Gasteiger partial charge in [-0.05, 0) is 49.8 Å². The van der Waals surface area contributed by atoms with Gasteiger partial charge >= 0.3 is 5.97 Å². The van der Waals surface area contributed by atoms with Crippen LogP contribution >= 0.6 is 0 Å². The fourth-order valence-corrected chi connectivity index (χ4v) is 4.14. The van der Waals surface area contributed by atoms with Gasteiger partial charge in [-0.3, -0.25) is 4.68 Å². The Morgan fingerprint density at radius 1 is 1.19 bits per heavy atom. The number of alkyl halides is 1. The minimum atomic E-state index is -1.64. The van der Waals surface area contributed by atoms with Crippen LogP contribution in [0, 0.1) is 6.92 Å². The van der Waals surface area contributed by atoms with Crippen molar-refractivity contribution in [1.29, 1.82) is 0 Å². The number of hydrogen-bond acceptors (Lipinski definition) is 5. The standard InChI is InChI=1S/C24H22FN5O2/c1-14-16(23(31)32-4)8-9-18-21(17-6-5-7-20-19(17)13-29(3)27-20)28-30(22(14)18)15-10-11-24(2,25)26-12-15/h5-13,26H,1-4H3. The molecule has 0 aliphatic carbocycles. The molecule has 4 aromatic rings. The van der Waals surface area contributed by atoms with Crippen molar-refractivity contribution in [1.82, 2.24) is 24.9 Å². The highest BCUT2D eigenvalue weighted by Gasteiger charge is 2.25. The molecule has 162 valence electrons. The van der Waals surface area contributed by atoms with Crippen LogP contribution < -0.4 is 5.32 Å². The van der Waals surface area contributed by atoms with Crippen molar-refractivity contribution in [3.63, 3.8) is 0 Å². The van der Waals surface area contributed by atoms with Crippen LogP contribution in [0.3, 0.4) is 0 Å². The second kappa shape index (κ2) is 7.05. The van der Waals surface area contributed by atoms with Gasteiger partial charge in [-0.25, -0.2) is 13.9 Å². The summed E-state index contributed by atoms with van der Waals surface area (Å²) >= 11 is 0. The van der Waals surface area contributed by atoms with E-state index in [1.807, 2.05) is 44.4 Å². The number of methoxy groups -OCH3 is 1. The van der Waals surface area contributed by atoms with Gasteiger partial charge in [0.15, 0.2) is 5.79 Å². The van der Waals surface area contributed by atoms with E-state index in [2.05, 4.69) is 10.4 Å². The smallest absolute Gasteiger partial charge is 0.338 e. The molecule has 0 radical (unpaired) electrons. The summed E-state index contributed by atoms with van der Waals surface area (Å²) in [6, 6.07) is 9.53. The minimum Gasteiger partial charge on any atom is -0.465 e. The third-order valence-electron chi connectivity index (χ3n) is 5.74. The van der Waals surface area contributed by atoms with Crippen molar-refractivity contribution in [3.8, 4) is 11.3 Å². The molecule has 0 spiro atoms. The van der Waals surface area contributed by atoms with Crippen molar-refractivity contribution in [3.05, 3.63) is 66.0 Å². The molecule has 5 rings (SSSR count). The lowest BCUT2D eigenvalue weighted by Gasteiger charge is -2.21. The minimum absolute atomic E-state index is 0.421. The van der Waals surface area contributed by atoms with E-state index in [0.29, 0.717) is 11.3 Å². The van der Waals surface area contributed by atoms with E-state index in [-0.39, 0.29) is 0 Å². The third kappa shape index (κ3) is 3.07. The van der Waals surface area contributed by atoms with Crippen LogP contribution in [0.15, 0.2) is 54.9 Å². The van der Waals surface area contributed by atoms with Gasteiger partial charge in [0, 0.05) is 35.8 Å². The van der Waals surface area contributed by atoms with Crippen LogP contribution in [0.5, 0.6) is 0 Å². The number of aryl methyl sites for hydroxylation is 2. The number of aromatic nitrogens is 4. The third-order valence-corrected chi connectivity index (χ3v) is 5.74. The zero-order valence-corrected chi connectivity index (χ0v) is 18.2. The highest BCUT2D eigenvalue weighted by molar-refractivity contribution is 6.06. The predicted octanol–water partition coefficient (Wildman–Crippen LogP) is 4.33. The summed E-state index contributed by atoms with van der Waals surface area (Å²) < 4.78 is 22.7. The Bertz CT molecular complexity index is 1460. The first-order valence-electron chi connectivity index (χ1n) is 10.2. The number of fused-ring (bicyclic) bond motifs is 2. The number of nitrogens with zero attached hydrogens (tertiary/aromatic N) is 4. The summed E-state index contributed by atoms with van der Waals surface area (Å²) in [4.78, 5) is 12.4. The average Bonchev–Trinajstić information content (AvgIpc) is 3.34. The molecule has 1 aliphatic heterocycles. The average molecular weight is 431 g/mol. The maximum Gasteiger partial charge on any atom is 0.338 e. The number of hydrogen-bond donors (Lipinski definition) is 1. The van der Waals surface area contributed by atoms with E-state index in [1.165, 1.54) is 20.1 Å². The van der Waals surface area contributed by atoms with Gasteiger partial charge in [-0.1, -0.05) is 12.1 Å². The monoisotopic (exact) mass is 431 g/mol. The maximum atomic E-state index is 14.3. The largest absolute Gasteiger partial charge is 0.465 e. The summed E-state index contributed by atoms with van der Waals surface area (Å²) in [5, 5.41) is 14.0. The lowest BCUT2D eigenvalue weighted by molar-refractivity contribution is 0.0600. The normalized spacial score (nSPS) is 18.1. The molecule has 2 aromatic heterocycles. The van der Waals surface area contributed by atoms with E-state index in [1.54, 1.807) is 27.7 Å². The van der Waals surface area contributed by atoms with E-state index < -0.39 is 11.8 Å². The Morgan fingerprint density at radius 2 is 2.00 bits per heavy atom. The van der Waals surface area contributed by atoms with Crippen molar-refractivity contribution in [2.24, 2.45) is 7.05 Å². The molecule has 0 bridgehead atoms. The number of ether oxygens (including phenoxy) is 1. The second-order valence-corrected chi connectivity index (χ2v) is 8.05. The lowest BCUT2D eigenvalue weighted by Crippen LogP contribution is -2.33. The summed E-state index contributed by atoms with van der Waals surface area (Å²) in [6.07, 6.45) is 6.67. The molecular formula is C24H22FN5O2. The second-order valence-electron chi connectivity index (χ2n) is 8.05. The number of carbonyl (C=O) groups excluding carboxylic acids is 1. The summed E-state index contributed by atoms with van der Waals surface area (Å²) in [5.41, 5.74) is 5.13. The molecule has 8 heteroatoms. The topological polar surface area (TPSA) is 74.0 Å². The van der Waals surface area contributed by atoms with Crippen molar-refractivity contribution >= 4 is 33.5 Å². The first kappa shape index (κ1) is 20.0. The van der Waals surface area contributed by atoms with E-state index in [4.69, 9.17) is 9.84 Å². The Kier molecular flexibility index (Phi) is 4.40. The molecule has 1 aliphatic rings. The number of benzene rings is 2. The molecule has 0 saturated carbocycles. The van der Waals surface area contributed by atoms with E-state index in [0.717, 1.165) is 38.6 Å². The fourth-order valence-electron chi connectivity index (χ4n) is 4.14. The Labute approximate surface area is 183 Å². The number of dihydropyridines is 1. The zero-order valence-electron chi connectivity index (χ0n) is 18.2. The van der Waals surface area contributed by atoms with Crippen molar-refractivity contribution in [2.75, 3.05) is 7.11 Å². The number of esters is 1. The number of carbonyl (C=O) groups is 1. The highest BCUT2D eigenvalue weighted by Crippen LogP contribution is 2.36.